The number of halogens is 1. The third kappa shape index (κ3) is 6.01. The molecular weight excluding hydrogens is 384 g/mol. The lowest BCUT2D eigenvalue weighted by molar-refractivity contribution is -0.113. The van der Waals surface area contributed by atoms with Gasteiger partial charge in [-0.05, 0) is 61.4 Å². The fourth-order valence-corrected chi connectivity index (χ4v) is 3.21. The molecule has 0 aliphatic rings. The Kier molecular flexibility index (Phi) is 6.36. The number of nitrogens with one attached hydrogen (secondary N) is 2. The second-order valence-electron chi connectivity index (χ2n) is 6.02. The van der Waals surface area contributed by atoms with E-state index in [9.17, 15) is 4.79 Å². The van der Waals surface area contributed by atoms with Crippen LogP contribution in [0.2, 0.25) is 5.02 Å². The summed E-state index contributed by atoms with van der Waals surface area (Å²) in [5, 5.41) is 11.0. The van der Waals surface area contributed by atoms with Crippen molar-refractivity contribution in [1.82, 2.24) is 15.2 Å². The maximum Gasteiger partial charge on any atom is 0.234 e. The third-order valence-corrected chi connectivity index (χ3v) is 4.64. The van der Waals surface area contributed by atoms with E-state index in [0.29, 0.717) is 21.8 Å². The fourth-order valence-electron chi connectivity index (χ4n) is 2.46. The first-order valence-corrected chi connectivity index (χ1v) is 9.65. The molecule has 1 amide bonds. The molecule has 8 heteroatoms. The highest BCUT2D eigenvalue weighted by Crippen LogP contribution is 2.18. The van der Waals surface area contributed by atoms with Crippen molar-refractivity contribution >= 4 is 35.0 Å². The minimum absolute atomic E-state index is 0.103. The molecule has 0 radical (unpaired) electrons. The molecule has 0 bridgehead atoms. The number of amides is 1. The van der Waals surface area contributed by atoms with Crippen molar-refractivity contribution in [1.29, 1.82) is 0 Å². The highest BCUT2D eigenvalue weighted by atomic mass is 35.5. The Labute approximate surface area is 166 Å². The van der Waals surface area contributed by atoms with Crippen LogP contribution in [0.5, 0.6) is 5.75 Å². The van der Waals surface area contributed by atoms with Crippen LogP contribution in [0, 0.1) is 13.8 Å². The molecule has 0 aliphatic carbocycles. The van der Waals surface area contributed by atoms with E-state index < -0.39 is 0 Å². The number of thioether (sulfide) groups is 1. The Hall–Kier alpha value is -2.51. The van der Waals surface area contributed by atoms with Crippen molar-refractivity contribution in [3.63, 3.8) is 0 Å². The number of hydrogen-bond acceptors (Lipinski definition) is 5. The van der Waals surface area contributed by atoms with Gasteiger partial charge in [0.05, 0.1) is 5.75 Å². The Morgan fingerprint density at radius 2 is 1.89 bits per heavy atom. The molecule has 0 fully saturated rings. The molecular formula is C19H19ClN4O2S. The largest absolute Gasteiger partial charge is 0.486 e. The van der Waals surface area contributed by atoms with E-state index in [1.807, 2.05) is 26.0 Å². The molecule has 6 nitrogen and oxygen atoms in total. The number of benzene rings is 2. The minimum atomic E-state index is -0.103. The van der Waals surface area contributed by atoms with Crippen molar-refractivity contribution in [2.75, 3.05) is 11.1 Å². The van der Waals surface area contributed by atoms with Crippen LogP contribution in [0.1, 0.15) is 17.0 Å². The number of aromatic nitrogens is 3. The van der Waals surface area contributed by atoms with E-state index in [1.165, 1.54) is 11.8 Å². The van der Waals surface area contributed by atoms with E-state index in [4.69, 9.17) is 16.3 Å². The van der Waals surface area contributed by atoms with Gasteiger partial charge < -0.3 is 10.1 Å². The molecule has 3 aromatic rings. The number of rotatable bonds is 7. The molecule has 0 saturated heterocycles. The second-order valence-corrected chi connectivity index (χ2v) is 7.40. The van der Waals surface area contributed by atoms with E-state index in [-0.39, 0.29) is 18.3 Å². The van der Waals surface area contributed by atoms with Crippen LogP contribution in [-0.2, 0) is 11.4 Å². The summed E-state index contributed by atoms with van der Waals surface area (Å²) < 4.78 is 5.61. The second kappa shape index (κ2) is 8.92. The zero-order valence-corrected chi connectivity index (χ0v) is 16.5. The van der Waals surface area contributed by atoms with Gasteiger partial charge in [-0.3, -0.25) is 9.89 Å². The summed E-state index contributed by atoms with van der Waals surface area (Å²) in [7, 11) is 0. The van der Waals surface area contributed by atoms with Gasteiger partial charge in [0.15, 0.2) is 5.82 Å². The highest BCUT2D eigenvalue weighted by Gasteiger charge is 2.09. The molecule has 0 aliphatic heterocycles. The van der Waals surface area contributed by atoms with Crippen molar-refractivity contribution in [2.24, 2.45) is 0 Å². The minimum Gasteiger partial charge on any atom is -0.486 e. The van der Waals surface area contributed by atoms with Crippen LogP contribution in [-0.4, -0.2) is 26.8 Å². The number of aromatic amines is 1. The predicted molar refractivity (Wildman–Crippen MR) is 107 cm³/mol. The van der Waals surface area contributed by atoms with Crippen LogP contribution in [0.3, 0.4) is 0 Å². The number of anilines is 1. The fraction of sp³-hybridized carbons (Fsp3) is 0.211. The van der Waals surface area contributed by atoms with E-state index in [2.05, 4.69) is 26.6 Å². The van der Waals surface area contributed by atoms with Gasteiger partial charge in [-0.25, -0.2) is 4.98 Å². The Morgan fingerprint density at radius 3 is 2.59 bits per heavy atom. The zero-order chi connectivity index (χ0) is 19.2. The SMILES string of the molecule is Cc1cc(C)cc(NC(=O)CSc2n[nH]c(COc3ccc(Cl)cc3)n2)c1. The average molecular weight is 403 g/mol. The van der Waals surface area contributed by atoms with Crippen LogP contribution < -0.4 is 10.1 Å². The topological polar surface area (TPSA) is 79.9 Å². The molecule has 3 rings (SSSR count). The Balaban J connectivity index is 1.47. The average Bonchev–Trinajstić information content (AvgIpc) is 3.06. The van der Waals surface area contributed by atoms with E-state index in [0.717, 1.165) is 16.8 Å². The number of carbonyl (C=O) groups is 1. The Bertz CT molecular complexity index is 907. The molecule has 0 spiro atoms. The maximum atomic E-state index is 12.1. The van der Waals surface area contributed by atoms with Crippen molar-refractivity contribution in [3.05, 3.63) is 64.4 Å². The molecule has 0 saturated carbocycles. The quantitative estimate of drug-likeness (QED) is 0.573. The number of H-pyrrole nitrogens is 1. The monoisotopic (exact) mass is 402 g/mol. The zero-order valence-electron chi connectivity index (χ0n) is 15.0. The number of aryl methyl sites for hydroxylation is 2. The number of ether oxygens (including phenoxy) is 1. The van der Waals surface area contributed by atoms with Gasteiger partial charge in [-0.1, -0.05) is 29.4 Å². The van der Waals surface area contributed by atoms with Crippen molar-refractivity contribution < 1.29 is 9.53 Å². The lowest BCUT2D eigenvalue weighted by Crippen LogP contribution is -2.14. The van der Waals surface area contributed by atoms with Crippen LogP contribution in [0.25, 0.3) is 0 Å². The summed E-state index contributed by atoms with van der Waals surface area (Å²) in [6.07, 6.45) is 0. The summed E-state index contributed by atoms with van der Waals surface area (Å²) in [6.45, 7) is 4.25. The standard InChI is InChI=1S/C19H19ClN4O2S/c1-12-7-13(2)9-15(8-12)21-18(25)11-27-19-22-17(23-24-19)10-26-16-5-3-14(20)4-6-16/h3-9H,10-11H2,1-2H3,(H,21,25)(H,22,23,24). The molecule has 0 atom stereocenters. The maximum absolute atomic E-state index is 12.1. The molecule has 1 heterocycles. The van der Waals surface area contributed by atoms with Gasteiger partial charge in [0.25, 0.3) is 0 Å². The first-order valence-electron chi connectivity index (χ1n) is 8.28. The molecule has 2 aromatic carbocycles. The van der Waals surface area contributed by atoms with Gasteiger partial charge in [0.2, 0.25) is 11.1 Å². The summed E-state index contributed by atoms with van der Waals surface area (Å²) in [6, 6.07) is 13.0. The highest BCUT2D eigenvalue weighted by molar-refractivity contribution is 7.99. The molecule has 1 aromatic heterocycles. The Morgan fingerprint density at radius 1 is 1.19 bits per heavy atom. The predicted octanol–water partition coefficient (Wildman–Crippen LogP) is 4.38. The molecule has 27 heavy (non-hydrogen) atoms. The first-order chi connectivity index (χ1) is 13.0. The summed E-state index contributed by atoms with van der Waals surface area (Å²) >= 11 is 7.10. The van der Waals surface area contributed by atoms with Gasteiger partial charge in [-0.2, -0.15) is 0 Å². The van der Waals surface area contributed by atoms with Gasteiger partial charge >= 0.3 is 0 Å². The van der Waals surface area contributed by atoms with Crippen LogP contribution in [0.4, 0.5) is 5.69 Å². The smallest absolute Gasteiger partial charge is 0.234 e. The first kappa shape index (κ1) is 19.3. The molecule has 140 valence electrons. The van der Waals surface area contributed by atoms with Gasteiger partial charge in [0, 0.05) is 10.7 Å². The lowest BCUT2D eigenvalue weighted by Gasteiger charge is -2.06. The van der Waals surface area contributed by atoms with Crippen LogP contribution >= 0.6 is 23.4 Å². The van der Waals surface area contributed by atoms with Gasteiger partial charge in [-0.15, -0.1) is 5.10 Å². The molecule has 0 unspecified atom stereocenters. The van der Waals surface area contributed by atoms with Crippen molar-refractivity contribution in [2.45, 2.75) is 25.6 Å². The summed E-state index contributed by atoms with van der Waals surface area (Å²) in [5.41, 5.74) is 3.01. The van der Waals surface area contributed by atoms with Crippen LogP contribution in [0.15, 0.2) is 47.6 Å². The van der Waals surface area contributed by atoms with E-state index >= 15 is 0 Å². The third-order valence-electron chi connectivity index (χ3n) is 3.54. The summed E-state index contributed by atoms with van der Waals surface area (Å²) in [5.74, 6) is 1.40. The van der Waals surface area contributed by atoms with Crippen molar-refractivity contribution in [3.8, 4) is 5.75 Å². The normalized spacial score (nSPS) is 10.6. The summed E-state index contributed by atoms with van der Waals surface area (Å²) in [4.78, 5) is 16.4. The number of nitrogens with zero attached hydrogens (tertiary/aromatic N) is 2. The molecule has 2 N–H and O–H groups in total. The van der Waals surface area contributed by atoms with E-state index in [1.54, 1.807) is 24.3 Å². The van der Waals surface area contributed by atoms with Gasteiger partial charge in [0.1, 0.15) is 12.4 Å². The number of hydrogen-bond donors (Lipinski definition) is 2. The lowest BCUT2D eigenvalue weighted by atomic mass is 10.1. The number of carbonyl (C=O) groups excluding carboxylic acids is 1.